The number of primary amides is 1. The van der Waals surface area contributed by atoms with Gasteiger partial charge in [0.05, 0.1) is 22.3 Å². The average Bonchev–Trinajstić information content (AvgIpc) is 2.34. The summed E-state index contributed by atoms with van der Waals surface area (Å²) >= 11 is 5.80. The Morgan fingerprint density at radius 2 is 2.16 bits per heavy atom. The standard InChI is InChI=1S/C13H17ClFN3O/c1-7-2-3-8(13(17)19)6-18(7)12-4-9(14)10(15)5-11(12)16/h4-5,7-8H,2-3,6,16H2,1H3,(H2,17,19). The summed E-state index contributed by atoms with van der Waals surface area (Å²) in [5.74, 6) is -1.07. The molecule has 0 aliphatic carbocycles. The van der Waals surface area contributed by atoms with Gasteiger partial charge >= 0.3 is 0 Å². The predicted octanol–water partition coefficient (Wildman–Crippen LogP) is 2.15. The molecule has 19 heavy (non-hydrogen) atoms. The van der Waals surface area contributed by atoms with Crippen molar-refractivity contribution in [3.8, 4) is 0 Å². The summed E-state index contributed by atoms with van der Waals surface area (Å²) < 4.78 is 13.3. The molecule has 1 aliphatic heterocycles. The van der Waals surface area contributed by atoms with Gasteiger partial charge in [0.2, 0.25) is 5.91 Å². The van der Waals surface area contributed by atoms with Gasteiger partial charge in [-0.25, -0.2) is 4.39 Å². The van der Waals surface area contributed by atoms with Crippen LogP contribution in [0.5, 0.6) is 0 Å². The van der Waals surface area contributed by atoms with Crippen molar-refractivity contribution in [1.29, 1.82) is 0 Å². The molecular weight excluding hydrogens is 269 g/mol. The minimum atomic E-state index is -0.543. The maximum atomic E-state index is 13.3. The van der Waals surface area contributed by atoms with Gasteiger partial charge in [0.25, 0.3) is 0 Å². The first-order valence-electron chi connectivity index (χ1n) is 6.20. The Labute approximate surface area is 116 Å². The SMILES string of the molecule is CC1CCC(C(N)=O)CN1c1cc(Cl)c(F)cc1N. The van der Waals surface area contributed by atoms with E-state index in [1.807, 2.05) is 11.8 Å². The zero-order valence-electron chi connectivity index (χ0n) is 10.7. The Morgan fingerprint density at radius 3 is 2.79 bits per heavy atom. The van der Waals surface area contributed by atoms with Crippen LogP contribution in [0.2, 0.25) is 5.02 Å². The second-order valence-corrected chi connectivity index (χ2v) is 5.41. The number of anilines is 2. The lowest BCUT2D eigenvalue weighted by Crippen LogP contribution is -2.46. The zero-order valence-corrected chi connectivity index (χ0v) is 11.5. The third-order valence-corrected chi connectivity index (χ3v) is 3.95. The molecule has 4 nitrogen and oxygen atoms in total. The largest absolute Gasteiger partial charge is 0.397 e. The highest BCUT2D eigenvalue weighted by Gasteiger charge is 2.30. The van der Waals surface area contributed by atoms with Gasteiger partial charge in [0.15, 0.2) is 0 Å². The number of nitrogen functional groups attached to an aromatic ring is 1. The fraction of sp³-hybridized carbons (Fsp3) is 0.462. The quantitative estimate of drug-likeness (QED) is 0.818. The van der Waals surface area contributed by atoms with E-state index in [1.165, 1.54) is 12.1 Å². The van der Waals surface area contributed by atoms with Crippen LogP contribution in [-0.2, 0) is 4.79 Å². The first-order valence-corrected chi connectivity index (χ1v) is 6.58. The number of rotatable bonds is 2. The number of amides is 1. The lowest BCUT2D eigenvalue weighted by atomic mass is 9.92. The lowest BCUT2D eigenvalue weighted by molar-refractivity contribution is -0.122. The van der Waals surface area contributed by atoms with E-state index >= 15 is 0 Å². The van der Waals surface area contributed by atoms with Gasteiger partial charge in [-0.05, 0) is 25.8 Å². The normalized spacial score (nSPS) is 23.4. The van der Waals surface area contributed by atoms with Crippen LogP contribution in [0.1, 0.15) is 19.8 Å². The molecule has 1 amide bonds. The molecule has 1 heterocycles. The Bertz CT molecular complexity index is 509. The molecule has 0 saturated carbocycles. The molecule has 1 aliphatic rings. The highest BCUT2D eigenvalue weighted by molar-refractivity contribution is 6.31. The van der Waals surface area contributed by atoms with Gasteiger partial charge in [0, 0.05) is 18.7 Å². The molecule has 2 rings (SSSR count). The number of nitrogens with two attached hydrogens (primary N) is 2. The Morgan fingerprint density at radius 1 is 1.47 bits per heavy atom. The lowest BCUT2D eigenvalue weighted by Gasteiger charge is -2.39. The molecule has 1 aromatic carbocycles. The smallest absolute Gasteiger partial charge is 0.222 e. The molecule has 1 fully saturated rings. The van der Waals surface area contributed by atoms with Crippen LogP contribution < -0.4 is 16.4 Å². The fourth-order valence-corrected chi connectivity index (χ4v) is 2.63. The number of nitrogens with zero attached hydrogens (tertiary/aromatic N) is 1. The minimum Gasteiger partial charge on any atom is -0.397 e. The number of carbonyl (C=O) groups excluding carboxylic acids is 1. The van der Waals surface area contributed by atoms with Crippen molar-refractivity contribution in [2.24, 2.45) is 11.7 Å². The van der Waals surface area contributed by atoms with E-state index in [0.29, 0.717) is 17.9 Å². The van der Waals surface area contributed by atoms with Gasteiger partial charge < -0.3 is 16.4 Å². The second-order valence-electron chi connectivity index (χ2n) is 5.00. The van der Waals surface area contributed by atoms with E-state index in [2.05, 4.69) is 0 Å². The Hall–Kier alpha value is -1.49. The summed E-state index contributed by atoms with van der Waals surface area (Å²) in [7, 11) is 0. The number of piperidine rings is 1. The van der Waals surface area contributed by atoms with Gasteiger partial charge in [-0.2, -0.15) is 0 Å². The molecule has 1 aromatic rings. The van der Waals surface area contributed by atoms with Crippen LogP contribution in [0, 0.1) is 11.7 Å². The highest BCUT2D eigenvalue weighted by Crippen LogP contribution is 2.34. The second kappa shape index (κ2) is 5.25. The van der Waals surface area contributed by atoms with E-state index in [9.17, 15) is 9.18 Å². The number of carbonyl (C=O) groups is 1. The molecule has 6 heteroatoms. The van der Waals surface area contributed by atoms with Crippen LogP contribution in [0.25, 0.3) is 0 Å². The summed E-state index contributed by atoms with van der Waals surface area (Å²) in [5.41, 5.74) is 12.2. The van der Waals surface area contributed by atoms with E-state index < -0.39 is 5.82 Å². The molecule has 104 valence electrons. The number of hydrogen-bond acceptors (Lipinski definition) is 3. The van der Waals surface area contributed by atoms with Crippen molar-refractivity contribution in [3.05, 3.63) is 23.0 Å². The van der Waals surface area contributed by atoms with Crippen molar-refractivity contribution in [2.45, 2.75) is 25.8 Å². The first kappa shape index (κ1) is 13.9. The van der Waals surface area contributed by atoms with Crippen molar-refractivity contribution >= 4 is 28.9 Å². The molecule has 1 saturated heterocycles. The Balaban J connectivity index is 2.33. The highest BCUT2D eigenvalue weighted by atomic mass is 35.5. The van der Waals surface area contributed by atoms with Crippen molar-refractivity contribution in [2.75, 3.05) is 17.2 Å². The van der Waals surface area contributed by atoms with Crippen LogP contribution in [-0.4, -0.2) is 18.5 Å². The molecule has 0 aromatic heterocycles. The van der Waals surface area contributed by atoms with Gasteiger partial charge in [0.1, 0.15) is 5.82 Å². The minimum absolute atomic E-state index is 0.0256. The van der Waals surface area contributed by atoms with Crippen LogP contribution >= 0.6 is 11.6 Å². The molecule has 0 spiro atoms. The van der Waals surface area contributed by atoms with Crippen LogP contribution in [0.4, 0.5) is 15.8 Å². The van der Waals surface area contributed by atoms with Gasteiger partial charge in [-0.3, -0.25) is 4.79 Å². The fourth-order valence-electron chi connectivity index (χ4n) is 2.48. The predicted molar refractivity (Wildman–Crippen MR) is 74.5 cm³/mol. The average molecular weight is 286 g/mol. The maximum Gasteiger partial charge on any atom is 0.222 e. The van der Waals surface area contributed by atoms with E-state index in [1.54, 1.807) is 0 Å². The third kappa shape index (κ3) is 2.76. The molecule has 0 radical (unpaired) electrons. The summed E-state index contributed by atoms with van der Waals surface area (Å²) in [5, 5.41) is 0.0256. The molecule has 2 atom stereocenters. The molecular formula is C13H17ClFN3O. The summed E-state index contributed by atoms with van der Waals surface area (Å²) in [6, 6.07) is 2.92. The van der Waals surface area contributed by atoms with Crippen LogP contribution in [0.15, 0.2) is 12.1 Å². The molecule has 0 bridgehead atoms. The monoisotopic (exact) mass is 285 g/mol. The summed E-state index contributed by atoms with van der Waals surface area (Å²) in [4.78, 5) is 13.3. The number of benzene rings is 1. The van der Waals surface area contributed by atoms with Gasteiger partial charge in [-0.15, -0.1) is 0 Å². The maximum absolute atomic E-state index is 13.3. The summed E-state index contributed by atoms with van der Waals surface area (Å²) in [6.45, 7) is 2.52. The van der Waals surface area contributed by atoms with E-state index in [-0.39, 0.29) is 22.9 Å². The first-order chi connectivity index (χ1) is 8.90. The van der Waals surface area contributed by atoms with Gasteiger partial charge in [-0.1, -0.05) is 11.6 Å². The zero-order chi connectivity index (χ0) is 14.2. The van der Waals surface area contributed by atoms with Crippen molar-refractivity contribution in [3.63, 3.8) is 0 Å². The number of halogens is 2. The van der Waals surface area contributed by atoms with E-state index in [4.69, 9.17) is 23.1 Å². The Kier molecular flexibility index (Phi) is 3.85. The molecule has 4 N–H and O–H groups in total. The van der Waals surface area contributed by atoms with Crippen LogP contribution in [0.3, 0.4) is 0 Å². The number of hydrogen-bond donors (Lipinski definition) is 2. The molecule has 2 unspecified atom stereocenters. The third-order valence-electron chi connectivity index (χ3n) is 3.66. The van der Waals surface area contributed by atoms with Crippen molar-refractivity contribution < 1.29 is 9.18 Å². The topological polar surface area (TPSA) is 72.4 Å². The van der Waals surface area contributed by atoms with Crippen molar-refractivity contribution in [1.82, 2.24) is 0 Å². The summed E-state index contributed by atoms with van der Waals surface area (Å²) in [6.07, 6.45) is 1.60. The van der Waals surface area contributed by atoms with E-state index in [0.717, 1.165) is 12.8 Å².